The van der Waals surface area contributed by atoms with Crippen molar-refractivity contribution >= 4 is 13.7 Å². The maximum Gasteiger partial charge on any atom is 0.265 e. The maximum absolute atomic E-state index is 12.2. The predicted octanol–water partition coefficient (Wildman–Crippen LogP) is 4.54. The molecule has 204 valence electrons. The Morgan fingerprint density at radius 1 is 0.912 bits per heavy atom. The number of quaternary nitrogens is 1. The van der Waals surface area contributed by atoms with Crippen molar-refractivity contribution in [3.8, 4) is 0 Å². The van der Waals surface area contributed by atoms with Crippen molar-refractivity contribution in [2.75, 3.05) is 41.3 Å². The molecule has 0 aliphatic rings. The van der Waals surface area contributed by atoms with Gasteiger partial charge in [-0.2, -0.15) is 0 Å². The highest BCUT2D eigenvalue weighted by Crippen LogP contribution is 2.34. The second-order valence-corrected chi connectivity index (χ2v) is 11.7. The molecule has 0 aliphatic carbocycles. The van der Waals surface area contributed by atoms with Crippen LogP contribution in [0.1, 0.15) is 103 Å². The van der Waals surface area contributed by atoms with Crippen LogP contribution in [0.15, 0.2) is 0 Å². The number of nitrogens with zero attached hydrogens (tertiary/aromatic N) is 1. The molecule has 0 saturated heterocycles. The van der Waals surface area contributed by atoms with E-state index in [1.54, 1.807) is 0 Å². The summed E-state index contributed by atoms with van der Waals surface area (Å²) in [5.41, 5.74) is 0. The van der Waals surface area contributed by atoms with Crippen LogP contribution < -0.4 is 10.2 Å². The molecule has 0 fully saturated rings. The van der Waals surface area contributed by atoms with Crippen molar-refractivity contribution in [3.63, 3.8) is 0 Å². The quantitative estimate of drug-likeness (QED) is 0.119. The van der Waals surface area contributed by atoms with Gasteiger partial charge in [-0.15, -0.1) is 0 Å². The minimum atomic E-state index is -4.85. The Morgan fingerprint density at radius 3 is 1.79 bits per heavy atom. The van der Waals surface area contributed by atoms with Gasteiger partial charge in [-0.25, -0.2) is 0 Å². The number of hydrogen-bond donors (Lipinski definition) is 2. The highest BCUT2D eigenvalue weighted by atomic mass is 31.2. The number of amides is 1. The molecule has 0 aromatic heterocycles. The Morgan fingerprint density at radius 2 is 1.38 bits per heavy atom. The summed E-state index contributed by atoms with van der Waals surface area (Å²) in [7, 11) is 2.38. The molecule has 2 N–H and O–H groups in total. The molecule has 0 saturated carbocycles. The fourth-order valence-electron chi connectivity index (χ4n) is 4.13. The SMILES string of the molecule is CCCCCCCCCCCCCCCC(=O)NCC(CC(C[N+](C)(C)C)OP(=O)([O-])O)OC. The van der Waals surface area contributed by atoms with E-state index < -0.39 is 20.0 Å². The summed E-state index contributed by atoms with van der Waals surface area (Å²) in [6, 6.07) is 0. The van der Waals surface area contributed by atoms with Gasteiger partial charge in [0.25, 0.3) is 7.82 Å². The molecule has 1 amide bonds. The zero-order valence-corrected chi connectivity index (χ0v) is 23.5. The third kappa shape index (κ3) is 23.3. The molecule has 0 bridgehead atoms. The van der Waals surface area contributed by atoms with Crippen molar-refractivity contribution < 1.29 is 32.9 Å². The Hall–Kier alpha value is -0.500. The van der Waals surface area contributed by atoms with E-state index in [9.17, 15) is 14.3 Å². The van der Waals surface area contributed by atoms with E-state index in [-0.39, 0.29) is 18.9 Å². The number of phosphoric acid groups is 1. The average molecular weight is 509 g/mol. The fourth-order valence-corrected chi connectivity index (χ4v) is 4.66. The molecule has 0 aromatic carbocycles. The first-order valence-electron chi connectivity index (χ1n) is 13.3. The van der Waals surface area contributed by atoms with Crippen LogP contribution in [0.25, 0.3) is 0 Å². The molecule has 0 aliphatic heterocycles. The maximum atomic E-state index is 12.2. The Kier molecular flexibility index (Phi) is 19.4. The summed E-state index contributed by atoms with van der Waals surface area (Å²) in [5, 5.41) is 2.87. The number of unbranched alkanes of at least 4 members (excludes halogenated alkanes) is 12. The van der Waals surface area contributed by atoms with Crippen molar-refractivity contribution in [3.05, 3.63) is 0 Å². The van der Waals surface area contributed by atoms with Crippen LogP contribution >= 0.6 is 7.82 Å². The van der Waals surface area contributed by atoms with E-state index in [0.717, 1.165) is 12.8 Å². The second-order valence-electron chi connectivity index (χ2n) is 10.6. The normalized spacial score (nSPS) is 15.6. The number of carbonyl (C=O) groups is 1. The van der Waals surface area contributed by atoms with Crippen molar-refractivity contribution in [2.45, 2.75) is 115 Å². The van der Waals surface area contributed by atoms with E-state index in [2.05, 4.69) is 12.2 Å². The van der Waals surface area contributed by atoms with E-state index in [0.29, 0.717) is 17.4 Å². The molecule has 3 atom stereocenters. The van der Waals surface area contributed by atoms with E-state index in [1.807, 2.05) is 21.1 Å². The van der Waals surface area contributed by atoms with Gasteiger partial charge >= 0.3 is 0 Å². The van der Waals surface area contributed by atoms with Gasteiger partial charge in [0, 0.05) is 26.5 Å². The molecule has 0 aromatic rings. The summed E-state index contributed by atoms with van der Waals surface area (Å²) in [6.07, 6.45) is 16.1. The van der Waals surface area contributed by atoms with Gasteiger partial charge in [0.1, 0.15) is 12.6 Å². The van der Waals surface area contributed by atoms with Gasteiger partial charge in [-0.3, -0.25) is 9.36 Å². The van der Waals surface area contributed by atoms with Gasteiger partial charge in [-0.1, -0.05) is 84.0 Å². The standard InChI is InChI=1S/C25H53N2O6P/c1-6-7-8-9-10-11-12-13-14-15-16-17-18-19-25(28)26-21-23(32-5)20-24(22-27(2,3)4)33-34(29,30)31/h23-24H,6-22H2,1-5H3,(H2-,26,28,29,30,31). The van der Waals surface area contributed by atoms with Gasteiger partial charge in [0.05, 0.1) is 27.2 Å². The highest BCUT2D eigenvalue weighted by molar-refractivity contribution is 7.44. The summed E-state index contributed by atoms with van der Waals surface area (Å²) < 4.78 is 21.9. The molecule has 34 heavy (non-hydrogen) atoms. The fraction of sp³-hybridized carbons (Fsp3) is 0.960. The first kappa shape index (κ1) is 33.5. The monoisotopic (exact) mass is 508 g/mol. The summed E-state index contributed by atoms with van der Waals surface area (Å²) >= 11 is 0. The third-order valence-electron chi connectivity index (χ3n) is 5.93. The Bertz CT molecular complexity index is 550. The molecule has 3 unspecified atom stereocenters. The lowest BCUT2D eigenvalue weighted by atomic mass is 10.0. The van der Waals surface area contributed by atoms with E-state index in [1.165, 1.54) is 77.7 Å². The van der Waals surface area contributed by atoms with Crippen LogP contribution in [-0.2, 0) is 18.6 Å². The third-order valence-corrected chi connectivity index (χ3v) is 6.49. The number of nitrogens with one attached hydrogen (secondary N) is 1. The van der Waals surface area contributed by atoms with Crippen molar-refractivity contribution in [2.24, 2.45) is 0 Å². The number of rotatable bonds is 23. The molecule has 9 heteroatoms. The highest BCUT2D eigenvalue weighted by Gasteiger charge is 2.26. The number of likely N-dealkylation sites (N-methyl/N-ethyl adjacent to an activating group) is 1. The minimum absolute atomic E-state index is 0.0224. The second kappa shape index (κ2) is 19.7. The van der Waals surface area contributed by atoms with E-state index >= 15 is 0 Å². The molecule has 0 spiro atoms. The summed E-state index contributed by atoms with van der Waals surface area (Å²) in [5.74, 6) is -0.0224. The summed E-state index contributed by atoms with van der Waals surface area (Å²) in [4.78, 5) is 32.5. The van der Waals surface area contributed by atoms with Crippen LogP contribution in [-0.4, -0.2) is 68.8 Å². The van der Waals surface area contributed by atoms with Gasteiger partial charge in [0.2, 0.25) is 5.91 Å². The molecule has 0 radical (unpaired) electrons. The largest absolute Gasteiger partial charge is 0.756 e. The molecular weight excluding hydrogens is 455 g/mol. The van der Waals surface area contributed by atoms with Gasteiger partial charge < -0.3 is 28.8 Å². The van der Waals surface area contributed by atoms with Crippen LogP contribution in [0.2, 0.25) is 0 Å². The first-order chi connectivity index (χ1) is 16.0. The molecule has 0 rings (SSSR count). The lowest BCUT2D eigenvalue weighted by Gasteiger charge is -2.32. The predicted molar refractivity (Wildman–Crippen MR) is 136 cm³/mol. The Balaban J connectivity index is 3.93. The van der Waals surface area contributed by atoms with Crippen LogP contribution in [0.4, 0.5) is 0 Å². The number of phosphoric ester groups is 1. The smallest absolute Gasteiger partial charge is 0.265 e. The van der Waals surface area contributed by atoms with Crippen molar-refractivity contribution in [1.82, 2.24) is 5.32 Å². The minimum Gasteiger partial charge on any atom is -0.756 e. The van der Waals surface area contributed by atoms with Gasteiger partial charge in [-0.05, 0) is 6.42 Å². The molecular formula is C25H53N2O6P. The lowest BCUT2D eigenvalue weighted by molar-refractivity contribution is -0.873. The zero-order chi connectivity index (χ0) is 25.9. The molecule has 8 nitrogen and oxygen atoms in total. The zero-order valence-electron chi connectivity index (χ0n) is 22.6. The molecule has 0 heterocycles. The average Bonchev–Trinajstić information content (AvgIpc) is 2.72. The summed E-state index contributed by atoms with van der Waals surface area (Å²) in [6.45, 7) is 2.90. The number of methoxy groups -OCH3 is 1. The van der Waals surface area contributed by atoms with Gasteiger partial charge in [0.15, 0.2) is 0 Å². The Labute approximate surface area is 209 Å². The van der Waals surface area contributed by atoms with Crippen LogP contribution in [0.3, 0.4) is 0 Å². The number of carbonyl (C=O) groups excluding carboxylic acids is 1. The lowest BCUT2D eigenvalue weighted by Crippen LogP contribution is -2.45. The van der Waals surface area contributed by atoms with Crippen molar-refractivity contribution in [1.29, 1.82) is 0 Å². The first-order valence-corrected chi connectivity index (χ1v) is 14.8. The number of hydrogen-bond acceptors (Lipinski definition) is 5. The van der Waals surface area contributed by atoms with E-state index in [4.69, 9.17) is 14.2 Å². The number of ether oxygens (including phenoxy) is 1. The van der Waals surface area contributed by atoms with Crippen LogP contribution in [0.5, 0.6) is 0 Å². The van der Waals surface area contributed by atoms with Crippen LogP contribution in [0, 0.1) is 0 Å². The topological polar surface area (TPSA) is 108 Å².